The summed E-state index contributed by atoms with van der Waals surface area (Å²) in [4.78, 5) is 0. The van der Waals surface area contributed by atoms with E-state index in [1.54, 1.807) is 42.5 Å². The standard InChI is InChI=1S/C22H17F3O2/c1-27-19-13-9-16(10-14-19)20(15-7-11-18(26)12-8-15)21(22(23,24)25)17-5-3-2-4-6-17/h2-14,26H,1H3. The molecule has 0 atom stereocenters. The number of alkyl halides is 3. The van der Waals surface area contributed by atoms with E-state index in [1.165, 1.54) is 43.5 Å². The molecule has 0 bridgehead atoms. The van der Waals surface area contributed by atoms with Gasteiger partial charge in [-0.2, -0.15) is 13.2 Å². The van der Waals surface area contributed by atoms with Crippen LogP contribution < -0.4 is 4.74 Å². The number of allylic oxidation sites excluding steroid dienone is 1. The number of hydrogen-bond acceptors (Lipinski definition) is 2. The average molecular weight is 370 g/mol. The predicted molar refractivity (Wildman–Crippen MR) is 99.5 cm³/mol. The van der Waals surface area contributed by atoms with E-state index < -0.39 is 11.7 Å². The van der Waals surface area contributed by atoms with Crippen molar-refractivity contribution in [3.05, 3.63) is 95.6 Å². The van der Waals surface area contributed by atoms with Gasteiger partial charge in [0, 0.05) is 5.57 Å². The van der Waals surface area contributed by atoms with E-state index in [9.17, 15) is 18.3 Å². The number of hydrogen-bond donors (Lipinski definition) is 1. The molecule has 1 N–H and O–H groups in total. The van der Waals surface area contributed by atoms with Crippen LogP contribution in [0.1, 0.15) is 16.7 Å². The summed E-state index contributed by atoms with van der Waals surface area (Å²) in [6, 6.07) is 19.8. The van der Waals surface area contributed by atoms with Gasteiger partial charge in [-0.25, -0.2) is 0 Å². The molecule has 0 unspecified atom stereocenters. The largest absolute Gasteiger partial charge is 0.508 e. The van der Waals surface area contributed by atoms with Gasteiger partial charge in [0.2, 0.25) is 0 Å². The maximum Gasteiger partial charge on any atom is 0.417 e. The first-order valence-electron chi connectivity index (χ1n) is 8.21. The third kappa shape index (κ3) is 4.14. The van der Waals surface area contributed by atoms with Crippen LogP contribution in [0.2, 0.25) is 0 Å². The Balaban J connectivity index is 2.34. The molecule has 0 aliphatic heterocycles. The lowest BCUT2D eigenvalue weighted by atomic mass is 9.89. The first-order chi connectivity index (χ1) is 12.9. The molecular formula is C22H17F3O2. The summed E-state index contributed by atoms with van der Waals surface area (Å²) in [6.45, 7) is 0. The van der Waals surface area contributed by atoms with Crippen LogP contribution in [0.4, 0.5) is 13.2 Å². The number of benzene rings is 3. The van der Waals surface area contributed by atoms with Crippen molar-refractivity contribution >= 4 is 11.1 Å². The lowest BCUT2D eigenvalue weighted by Gasteiger charge is -2.20. The van der Waals surface area contributed by atoms with Crippen molar-refractivity contribution in [1.82, 2.24) is 0 Å². The van der Waals surface area contributed by atoms with Gasteiger partial charge in [0.25, 0.3) is 0 Å². The minimum Gasteiger partial charge on any atom is -0.508 e. The molecular weight excluding hydrogens is 353 g/mol. The van der Waals surface area contributed by atoms with Gasteiger partial charge in [-0.15, -0.1) is 0 Å². The van der Waals surface area contributed by atoms with Crippen molar-refractivity contribution in [1.29, 1.82) is 0 Å². The molecule has 3 rings (SSSR count). The number of aromatic hydroxyl groups is 1. The fraction of sp³-hybridized carbons (Fsp3) is 0.0909. The molecule has 0 aliphatic rings. The molecule has 3 aromatic rings. The summed E-state index contributed by atoms with van der Waals surface area (Å²) in [5, 5.41) is 9.54. The third-order valence-corrected chi connectivity index (χ3v) is 4.13. The zero-order valence-electron chi connectivity index (χ0n) is 14.5. The van der Waals surface area contributed by atoms with Crippen LogP contribution in [0.15, 0.2) is 78.9 Å². The van der Waals surface area contributed by atoms with Gasteiger partial charge in [-0.1, -0.05) is 54.6 Å². The van der Waals surface area contributed by atoms with E-state index in [0.717, 1.165) is 0 Å². The second kappa shape index (κ2) is 7.58. The van der Waals surface area contributed by atoms with Crippen LogP contribution in [-0.2, 0) is 0 Å². The fourth-order valence-electron chi connectivity index (χ4n) is 2.90. The Morgan fingerprint density at radius 1 is 0.741 bits per heavy atom. The minimum atomic E-state index is -4.57. The number of phenolic OH excluding ortho intramolecular Hbond substituents is 1. The number of rotatable bonds is 4. The molecule has 2 nitrogen and oxygen atoms in total. The van der Waals surface area contributed by atoms with Gasteiger partial charge in [0.1, 0.15) is 11.5 Å². The maximum absolute atomic E-state index is 14.1. The topological polar surface area (TPSA) is 29.5 Å². The first kappa shape index (κ1) is 18.6. The summed E-state index contributed by atoms with van der Waals surface area (Å²) in [5.41, 5.74) is 0.131. The average Bonchev–Trinajstić information content (AvgIpc) is 2.67. The molecule has 138 valence electrons. The van der Waals surface area contributed by atoms with E-state index in [1.807, 2.05) is 0 Å². The van der Waals surface area contributed by atoms with Crippen molar-refractivity contribution in [3.63, 3.8) is 0 Å². The smallest absolute Gasteiger partial charge is 0.417 e. The molecule has 5 heteroatoms. The highest BCUT2D eigenvalue weighted by atomic mass is 19.4. The normalized spacial score (nSPS) is 12.4. The second-order valence-corrected chi connectivity index (χ2v) is 5.89. The highest BCUT2D eigenvalue weighted by Gasteiger charge is 2.38. The van der Waals surface area contributed by atoms with E-state index >= 15 is 0 Å². The summed E-state index contributed by atoms with van der Waals surface area (Å²) in [7, 11) is 1.50. The lowest BCUT2D eigenvalue weighted by Crippen LogP contribution is -2.14. The molecule has 0 aliphatic carbocycles. The molecule has 0 spiro atoms. The van der Waals surface area contributed by atoms with E-state index in [-0.39, 0.29) is 16.9 Å². The van der Waals surface area contributed by atoms with Crippen molar-refractivity contribution in [3.8, 4) is 11.5 Å². The van der Waals surface area contributed by atoms with Gasteiger partial charge in [0.05, 0.1) is 12.7 Å². The monoisotopic (exact) mass is 370 g/mol. The Morgan fingerprint density at radius 3 is 1.74 bits per heavy atom. The van der Waals surface area contributed by atoms with Crippen LogP contribution >= 0.6 is 0 Å². The van der Waals surface area contributed by atoms with Gasteiger partial charge in [-0.3, -0.25) is 0 Å². The molecule has 0 saturated carbocycles. The van der Waals surface area contributed by atoms with Crippen molar-refractivity contribution in [2.75, 3.05) is 7.11 Å². The summed E-state index contributed by atoms with van der Waals surface area (Å²) < 4.78 is 47.5. The molecule has 0 saturated heterocycles. The van der Waals surface area contributed by atoms with Crippen LogP contribution in [0.3, 0.4) is 0 Å². The summed E-state index contributed by atoms with van der Waals surface area (Å²) in [6.07, 6.45) is -4.57. The second-order valence-electron chi connectivity index (χ2n) is 5.89. The molecule has 0 heterocycles. The SMILES string of the molecule is COc1ccc(C(=C(c2ccccc2)C(F)(F)F)c2ccc(O)cc2)cc1. The zero-order chi connectivity index (χ0) is 19.4. The highest BCUT2D eigenvalue weighted by Crippen LogP contribution is 2.42. The maximum atomic E-state index is 14.1. The summed E-state index contributed by atoms with van der Waals surface area (Å²) >= 11 is 0. The van der Waals surface area contributed by atoms with E-state index in [4.69, 9.17) is 4.74 Å². The number of ether oxygens (including phenoxy) is 1. The van der Waals surface area contributed by atoms with Crippen LogP contribution in [0.25, 0.3) is 11.1 Å². The molecule has 0 amide bonds. The van der Waals surface area contributed by atoms with Gasteiger partial charge < -0.3 is 9.84 Å². The molecule has 0 fully saturated rings. The Kier molecular flexibility index (Phi) is 5.21. The third-order valence-electron chi connectivity index (χ3n) is 4.13. The predicted octanol–water partition coefficient (Wildman–Crippen LogP) is 5.92. The Hall–Kier alpha value is -3.21. The Bertz CT molecular complexity index is 926. The fourth-order valence-corrected chi connectivity index (χ4v) is 2.90. The Labute approximate surface area is 155 Å². The lowest BCUT2D eigenvalue weighted by molar-refractivity contribution is -0.0685. The van der Waals surface area contributed by atoms with Crippen molar-refractivity contribution in [2.45, 2.75) is 6.18 Å². The van der Waals surface area contributed by atoms with Crippen molar-refractivity contribution in [2.24, 2.45) is 0 Å². The molecule has 3 aromatic carbocycles. The Morgan fingerprint density at radius 2 is 1.26 bits per heavy atom. The van der Waals surface area contributed by atoms with E-state index in [0.29, 0.717) is 16.9 Å². The van der Waals surface area contributed by atoms with Crippen LogP contribution in [0.5, 0.6) is 11.5 Å². The van der Waals surface area contributed by atoms with Gasteiger partial charge in [0.15, 0.2) is 0 Å². The summed E-state index contributed by atoms with van der Waals surface area (Å²) in [5.74, 6) is 0.540. The van der Waals surface area contributed by atoms with Gasteiger partial charge >= 0.3 is 6.18 Å². The minimum absolute atomic E-state index is 0.0129. The molecule has 0 aromatic heterocycles. The molecule has 27 heavy (non-hydrogen) atoms. The quantitative estimate of drug-likeness (QED) is 0.578. The van der Waals surface area contributed by atoms with Gasteiger partial charge in [-0.05, 0) is 41.0 Å². The van der Waals surface area contributed by atoms with E-state index in [2.05, 4.69) is 0 Å². The van der Waals surface area contributed by atoms with Crippen LogP contribution in [-0.4, -0.2) is 18.4 Å². The van der Waals surface area contributed by atoms with Crippen LogP contribution in [0, 0.1) is 0 Å². The first-order valence-corrected chi connectivity index (χ1v) is 8.21. The number of halogens is 3. The highest BCUT2D eigenvalue weighted by molar-refractivity contribution is 6.00. The number of methoxy groups -OCH3 is 1. The zero-order valence-corrected chi connectivity index (χ0v) is 14.5. The van der Waals surface area contributed by atoms with Crippen molar-refractivity contribution < 1.29 is 23.0 Å². The number of phenols is 1. The molecule has 0 radical (unpaired) electrons.